The van der Waals surface area contributed by atoms with E-state index >= 15 is 0 Å². The monoisotopic (exact) mass is 386 g/mol. The summed E-state index contributed by atoms with van der Waals surface area (Å²) in [5.74, 6) is 0. The molecule has 0 amide bonds. The average molecular weight is 386 g/mol. The van der Waals surface area contributed by atoms with Gasteiger partial charge in [-0.25, -0.2) is 4.68 Å². The van der Waals surface area contributed by atoms with Crippen molar-refractivity contribution in [3.8, 4) is 11.3 Å². The first-order valence-corrected chi connectivity index (χ1v) is 9.02. The van der Waals surface area contributed by atoms with Crippen LogP contribution in [-0.2, 0) is 7.05 Å². The van der Waals surface area contributed by atoms with E-state index in [2.05, 4.69) is 10.4 Å². The first kappa shape index (κ1) is 18.4. The summed E-state index contributed by atoms with van der Waals surface area (Å²) in [5.41, 5.74) is 3.06. The zero-order chi connectivity index (χ0) is 20.5. The van der Waals surface area contributed by atoms with Gasteiger partial charge in [-0.2, -0.15) is 5.10 Å². The van der Waals surface area contributed by atoms with Crippen molar-refractivity contribution in [2.75, 3.05) is 5.32 Å². The zero-order valence-corrected chi connectivity index (χ0v) is 15.9. The predicted molar refractivity (Wildman–Crippen MR) is 114 cm³/mol. The summed E-state index contributed by atoms with van der Waals surface area (Å²) in [7, 11) is 1.57. The topological polar surface area (TPSA) is 90.1 Å². The van der Waals surface area contributed by atoms with Crippen molar-refractivity contribution in [1.82, 2.24) is 9.78 Å². The molecule has 3 aromatic carbocycles. The molecule has 1 N–H and O–H groups in total. The molecule has 4 rings (SSSR count). The normalized spacial score (nSPS) is 10.8. The summed E-state index contributed by atoms with van der Waals surface area (Å²) >= 11 is 0. The average Bonchev–Trinajstić information content (AvgIpc) is 2.72. The Labute approximate surface area is 166 Å². The highest BCUT2D eigenvalue weighted by Gasteiger charge is 2.18. The van der Waals surface area contributed by atoms with E-state index in [1.54, 1.807) is 37.4 Å². The largest absolute Gasteiger partial charge is 0.350 e. The molecule has 0 spiro atoms. The Bertz CT molecular complexity index is 1290. The van der Waals surface area contributed by atoms with Gasteiger partial charge in [0.1, 0.15) is 5.69 Å². The van der Waals surface area contributed by atoms with Gasteiger partial charge in [0.25, 0.3) is 11.2 Å². The highest BCUT2D eigenvalue weighted by Crippen LogP contribution is 2.34. The highest BCUT2D eigenvalue weighted by atomic mass is 16.6. The van der Waals surface area contributed by atoms with Gasteiger partial charge in [0.05, 0.1) is 16.0 Å². The van der Waals surface area contributed by atoms with Crippen LogP contribution in [0.25, 0.3) is 22.0 Å². The Hall–Kier alpha value is -4.00. The third-order valence-corrected chi connectivity index (χ3v) is 4.75. The third-order valence-electron chi connectivity index (χ3n) is 4.75. The van der Waals surface area contributed by atoms with E-state index in [-0.39, 0.29) is 11.2 Å². The van der Waals surface area contributed by atoms with Crippen LogP contribution in [-0.4, -0.2) is 14.7 Å². The van der Waals surface area contributed by atoms with Crippen LogP contribution in [0.4, 0.5) is 17.1 Å². The number of nitrogens with zero attached hydrogens (tertiary/aromatic N) is 3. The fourth-order valence-electron chi connectivity index (χ4n) is 3.24. The van der Waals surface area contributed by atoms with Crippen LogP contribution in [0.15, 0.2) is 71.5 Å². The molecular formula is C22H18N4O3. The minimum atomic E-state index is -0.426. The lowest BCUT2D eigenvalue weighted by Crippen LogP contribution is -2.20. The van der Waals surface area contributed by atoms with E-state index in [0.29, 0.717) is 27.7 Å². The van der Waals surface area contributed by atoms with Crippen LogP contribution in [0.2, 0.25) is 0 Å². The molecule has 0 saturated heterocycles. The smallest absolute Gasteiger partial charge is 0.293 e. The summed E-state index contributed by atoms with van der Waals surface area (Å²) < 4.78 is 1.25. The van der Waals surface area contributed by atoms with Crippen LogP contribution in [0, 0.1) is 17.0 Å². The number of nitrogens with one attached hydrogen (secondary N) is 1. The zero-order valence-electron chi connectivity index (χ0n) is 15.9. The number of anilines is 2. The van der Waals surface area contributed by atoms with Gasteiger partial charge in [-0.15, -0.1) is 0 Å². The molecule has 0 aliphatic carbocycles. The van der Waals surface area contributed by atoms with Crippen LogP contribution in [0.5, 0.6) is 0 Å². The molecule has 0 radical (unpaired) electrons. The molecule has 0 aliphatic rings. The molecule has 0 aliphatic heterocycles. The molecule has 4 aromatic rings. The van der Waals surface area contributed by atoms with E-state index in [1.807, 2.05) is 37.3 Å². The molecule has 1 aromatic heterocycles. The summed E-state index contributed by atoms with van der Waals surface area (Å²) in [6.45, 7) is 1.98. The van der Waals surface area contributed by atoms with Crippen molar-refractivity contribution >= 4 is 27.8 Å². The highest BCUT2D eigenvalue weighted by molar-refractivity contribution is 5.94. The molecule has 144 valence electrons. The van der Waals surface area contributed by atoms with Crippen LogP contribution >= 0.6 is 0 Å². The van der Waals surface area contributed by atoms with Crippen LogP contribution < -0.4 is 10.9 Å². The molecule has 7 heteroatoms. The number of hydrogen-bond donors (Lipinski definition) is 1. The fraction of sp³-hybridized carbons (Fsp3) is 0.0909. The Morgan fingerprint density at radius 1 is 1.00 bits per heavy atom. The summed E-state index contributed by atoms with van der Waals surface area (Å²) in [6, 6.07) is 19.6. The van der Waals surface area contributed by atoms with Gasteiger partial charge in [0.2, 0.25) is 0 Å². The fourth-order valence-corrected chi connectivity index (χ4v) is 3.24. The lowest BCUT2D eigenvalue weighted by Gasteiger charge is -2.11. The maximum absolute atomic E-state index is 12.4. The molecule has 1 heterocycles. The first-order valence-electron chi connectivity index (χ1n) is 9.02. The maximum Gasteiger partial charge on any atom is 0.293 e. The number of nitro benzene ring substituents is 1. The van der Waals surface area contributed by atoms with Gasteiger partial charge in [-0.05, 0) is 31.2 Å². The number of hydrogen-bond acceptors (Lipinski definition) is 5. The molecule has 0 saturated carbocycles. The second-order valence-electron chi connectivity index (χ2n) is 6.80. The molecular weight excluding hydrogens is 368 g/mol. The van der Waals surface area contributed by atoms with Crippen molar-refractivity contribution in [2.45, 2.75) is 6.92 Å². The van der Waals surface area contributed by atoms with Gasteiger partial charge in [-0.3, -0.25) is 14.9 Å². The molecule has 0 bridgehead atoms. The van der Waals surface area contributed by atoms with Crippen molar-refractivity contribution in [1.29, 1.82) is 0 Å². The van der Waals surface area contributed by atoms with Gasteiger partial charge in [0, 0.05) is 29.8 Å². The number of rotatable bonds is 4. The number of aryl methyl sites for hydroxylation is 2. The van der Waals surface area contributed by atoms with Crippen molar-refractivity contribution in [2.24, 2.45) is 7.05 Å². The lowest BCUT2D eigenvalue weighted by molar-refractivity contribution is -0.383. The summed E-state index contributed by atoms with van der Waals surface area (Å²) in [4.78, 5) is 23.6. The Morgan fingerprint density at radius 2 is 1.69 bits per heavy atom. The van der Waals surface area contributed by atoms with E-state index in [0.717, 1.165) is 11.3 Å². The quantitative estimate of drug-likeness (QED) is 0.410. The summed E-state index contributed by atoms with van der Waals surface area (Å²) in [5, 5.41) is 20.4. The Balaban J connectivity index is 1.85. The minimum Gasteiger partial charge on any atom is -0.350 e. The standard InChI is InChI=1S/C22H18N4O3/c1-14-7-10-16(11-8-14)23-19-12-9-15(13-20(19)26(28)29)21-17-5-3-4-6-18(17)22(27)25(2)24-21/h3-13,23H,1-2H3. The second kappa shape index (κ2) is 7.20. The molecule has 29 heavy (non-hydrogen) atoms. The minimum absolute atomic E-state index is 0.0668. The molecule has 0 atom stereocenters. The summed E-state index contributed by atoms with van der Waals surface area (Å²) in [6.07, 6.45) is 0. The van der Waals surface area contributed by atoms with E-state index < -0.39 is 4.92 Å². The molecule has 0 fully saturated rings. The molecule has 7 nitrogen and oxygen atoms in total. The van der Waals surface area contributed by atoms with E-state index in [4.69, 9.17) is 0 Å². The Kier molecular flexibility index (Phi) is 4.56. The van der Waals surface area contributed by atoms with Crippen molar-refractivity contribution < 1.29 is 4.92 Å². The molecule has 0 unspecified atom stereocenters. The van der Waals surface area contributed by atoms with E-state index in [9.17, 15) is 14.9 Å². The Morgan fingerprint density at radius 3 is 2.38 bits per heavy atom. The van der Waals surface area contributed by atoms with E-state index in [1.165, 1.54) is 10.7 Å². The number of benzene rings is 3. The van der Waals surface area contributed by atoms with Crippen molar-refractivity contribution in [3.63, 3.8) is 0 Å². The van der Waals surface area contributed by atoms with Gasteiger partial charge in [-0.1, -0.05) is 42.0 Å². The SMILES string of the molecule is Cc1ccc(Nc2ccc(-c3nn(C)c(=O)c4ccccc34)cc2[N+](=O)[O-])cc1. The van der Waals surface area contributed by atoms with Gasteiger partial charge < -0.3 is 5.32 Å². The maximum atomic E-state index is 12.4. The van der Waals surface area contributed by atoms with Crippen LogP contribution in [0.3, 0.4) is 0 Å². The first-order chi connectivity index (χ1) is 13.9. The number of aromatic nitrogens is 2. The number of fused-ring (bicyclic) bond motifs is 1. The predicted octanol–water partition coefficient (Wildman–Crippen LogP) is 4.56. The third kappa shape index (κ3) is 3.45. The van der Waals surface area contributed by atoms with Crippen molar-refractivity contribution in [3.05, 3.63) is 92.8 Å². The van der Waals surface area contributed by atoms with Gasteiger partial charge >= 0.3 is 0 Å². The second-order valence-corrected chi connectivity index (χ2v) is 6.80. The van der Waals surface area contributed by atoms with Gasteiger partial charge in [0.15, 0.2) is 0 Å². The van der Waals surface area contributed by atoms with Crippen LogP contribution in [0.1, 0.15) is 5.56 Å². The lowest BCUT2D eigenvalue weighted by atomic mass is 10.0. The number of nitro groups is 1.